The fourth-order valence-corrected chi connectivity index (χ4v) is 2.84. The Morgan fingerprint density at radius 2 is 1.79 bits per heavy atom. The van der Waals surface area contributed by atoms with E-state index in [1.807, 2.05) is 0 Å². The maximum absolute atomic E-state index is 12.5. The van der Waals surface area contributed by atoms with Crippen LogP contribution in [0.15, 0.2) is 29.2 Å². The standard InChI is InChI=1S/C13H12F3NO6S/c14-13(15,16)24(21,22)9-3-1-8(2-4-9)11(18)17-5-6-23-10(7-17)12(19)20/h1-4,10H,5-7H2,(H,19,20)/t10-/m0/s1. The molecule has 1 aliphatic heterocycles. The van der Waals surface area contributed by atoms with Gasteiger partial charge in [-0.25, -0.2) is 13.2 Å². The van der Waals surface area contributed by atoms with Crippen LogP contribution in [0.5, 0.6) is 0 Å². The highest BCUT2D eigenvalue weighted by molar-refractivity contribution is 7.92. The van der Waals surface area contributed by atoms with Gasteiger partial charge in [0.2, 0.25) is 0 Å². The third kappa shape index (κ3) is 3.51. The van der Waals surface area contributed by atoms with Crippen molar-refractivity contribution in [1.29, 1.82) is 0 Å². The number of nitrogens with zero attached hydrogens (tertiary/aromatic N) is 1. The van der Waals surface area contributed by atoms with Crippen molar-refractivity contribution in [2.24, 2.45) is 0 Å². The summed E-state index contributed by atoms with van der Waals surface area (Å²) < 4.78 is 64.8. The predicted molar refractivity (Wildman–Crippen MR) is 73.0 cm³/mol. The zero-order valence-corrected chi connectivity index (χ0v) is 12.8. The molecular formula is C13H12F3NO6S. The van der Waals surface area contributed by atoms with E-state index in [0.717, 1.165) is 12.1 Å². The molecule has 1 aliphatic rings. The molecule has 1 heterocycles. The molecule has 24 heavy (non-hydrogen) atoms. The number of carboxylic acid groups (broad SMARTS) is 1. The van der Waals surface area contributed by atoms with Crippen molar-refractivity contribution in [2.45, 2.75) is 16.5 Å². The molecule has 0 bridgehead atoms. The van der Waals surface area contributed by atoms with Crippen molar-refractivity contribution in [3.05, 3.63) is 29.8 Å². The first-order valence-corrected chi connectivity index (χ1v) is 8.07. The van der Waals surface area contributed by atoms with Gasteiger partial charge in [-0.3, -0.25) is 4.79 Å². The van der Waals surface area contributed by atoms with Gasteiger partial charge in [0, 0.05) is 12.1 Å². The summed E-state index contributed by atoms with van der Waals surface area (Å²) in [6, 6.07) is 3.27. The van der Waals surface area contributed by atoms with Gasteiger partial charge >= 0.3 is 11.5 Å². The molecule has 0 spiro atoms. The van der Waals surface area contributed by atoms with Crippen LogP contribution in [-0.2, 0) is 19.4 Å². The van der Waals surface area contributed by atoms with E-state index in [2.05, 4.69) is 0 Å². The van der Waals surface area contributed by atoms with Crippen LogP contribution in [0, 0.1) is 0 Å². The van der Waals surface area contributed by atoms with E-state index >= 15 is 0 Å². The SMILES string of the molecule is O=C(O)[C@@H]1CN(C(=O)c2ccc(S(=O)(=O)C(F)(F)F)cc2)CCO1. The van der Waals surface area contributed by atoms with Gasteiger partial charge < -0.3 is 14.7 Å². The van der Waals surface area contributed by atoms with Crippen molar-refractivity contribution >= 4 is 21.7 Å². The first-order valence-electron chi connectivity index (χ1n) is 6.59. The number of rotatable bonds is 3. The van der Waals surface area contributed by atoms with Gasteiger partial charge in [-0.1, -0.05) is 0 Å². The van der Waals surface area contributed by atoms with Crippen LogP contribution in [0.2, 0.25) is 0 Å². The minimum atomic E-state index is -5.49. The van der Waals surface area contributed by atoms with Crippen LogP contribution in [0.4, 0.5) is 13.2 Å². The maximum atomic E-state index is 12.5. The molecule has 1 atom stereocenters. The molecule has 1 saturated heterocycles. The van der Waals surface area contributed by atoms with E-state index < -0.39 is 38.2 Å². The largest absolute Gasteiger partial charge is 0.501 e. The number of halogens is 3. The van der Waals surface area contributed by atoms with Crippen molar-refractivity contribution in [2.75, 3.05) is 19.7 Å². The van der Waals surface area contributed by atoms with Crippen LogP contribution in [0.1, 0.15) is 10.4 Å². The summed E-state index contributed by atoms with van der Waals surface area (Å²) in [7, 11) is -5.49. The molecule has 2 rings (SSSR count). The van der Waals surface area contributed by atoms with Crippen LogP contribution in [-0.4, -0.2) is 61.6 Å². The van der Waals surface area contributed by atoms with Gasteiger partial charge in [0.05, 0.1) is 18.0 Å². The van der Waals surface area contributed by atoms with E-state index in [-0.39, 0.29) is 25.3 Å². The third-order valence-corrected chi connectivity index (χ3v) is 4.85. The summed E-state index contributed by atoms with van der Waals surface area (Å²) in [6.45, 7) is -0.0920. The predicted octanol–water partition coefficient (Wildman–Crippen LogP) is 0.906. The highest BCUT2D eigenvalue weighted by Gasteiger charge is 2.46. The fraction of sp³-hybridized carbons (Fsp3) is 0.385. The van der Waals surface area contributed by atoms with Gasteiger partial charge in [-0.2, -0.15) is 13.2 Å². The number of carbonyl (C=O) groups excluding carboxylic acids is 1. The quantitative estimate of drug-likeness (QED) is 0.852. The Morgan fingerprint density at radius 1 is 1.21 bits per heavy atom. The Bertz CT molecular complexity index is 744. The van der Waals surface area contributed by atoms with Gasteiger partial charge in [0.25, 0.3) is 15.7 Å². The van der Waals surface area contributed by atoms with Crippen molar-refractivity contribution < 1.29 is 41.0 Å². The molecule has 11 heteroatoms. The van der Waals surface area contributed by atoms with Crippen LogP contribution < -0.4 is 0 Å². The van der Waals surface area contributed by atoms with E-state index in [0.29, 0.717) is 12.1 Å². The topological polar surface area (TPSA) is 101 Å². The molecule has 7 nitrogen and oxygen atoms in total. The first-order chi connectivity index (χ1) is 11.0. The normalized spacial score (nSPS) is 19.1. The molecule has 0 radical (unpaired) electrons. The number of morpholine rings is 1. The second-order valence-corrected chi connectivity index (χ2v) is 6.86. The average Bonchev–Trinajstić information content (AvgIpc) is 2.53. The molecule has 1 aromatic carbocycles. The van der Waals surface area contributed by atoms with Crippen LogP contribution >= 0.6 is 0 Å². The summed E-state index contributed by atoms with van der Waals surface area (Å²) in [5.41, 5.74) is -5.49. The monoisotopic (exact) mass is 367 g/mol. The number of carbonyl (C=O) groups is 2. The molecule has 0 aromatic heterocycles. The first kappa shape index (κ1) is 18.2. The van der Waals surface area contributed by atoms with Crippen LogP contribution in [0.25, 0.3) is 0 Å². The summed E-state index contributed by atoms with van der Waals surface area (Å²) in [5, 5.41) is 8.87. The Labute approximate surface area is 134 Å². The zero-order valence-electron chi connectivity index (χ0n) is 12.0. The Balaban J connectivity index is 2.19. The minimum absolute atomic E-state index is 0.00322. The number of amides is 1. The van der Waals surface area contributed by atoms with Gasteiger partial charge in [0.1, 0.15) is 0 Å². The Hall–Kier alpha value is -2.14. The van der Waals surface area contributed by atoms with E-state index in [9.17, 15) is 31.2 Å². The lowest BCUT2D eigenvalue weighted by molar-refractivity contribution is -0.154. The second-order valence-electron chi connectivity index (χ2n) is 4.92. The van der Waals surface area contributed by atoms with Gasteiger partial charge in [-0.05, 0) is 24.3 Å². The average molecular weight is 367 g/mol. The van der Waals surface area contributed by atoms with E-state index in [1.165, 1.54) is 4.90 Å². The number of benzene rings is 1. The number of hydrogen-bond donors (Lipinski definition) is 1. The number of alkyl halides is 3. The summed E-state index contributed by atoms with van der Waals surface area (Å²) in [4.78, 5) is 23.3. The van der Waals surface area contributed by atoms with Crippen molar-refractivity contribution in [3.8, 4) is 0 Å². The molecule has 132 valence electrons. The number of sulfone groups is 1. The molecule has 1 aromatic rings. The summed E-state index contributed by atoms with van der Waals surface area (Å²) in [6.07, 6.45) is -1.19. The lowest BCUT2D eigenvalue weighted by Gasteiger charge is -2.30. The zero-order chi connectivity index (χ0) is 18.1. The second kappa shape index (κ2) is 6.40. The molecule has 1 fully saturated rings. The highest BCUT2D eigenvalue weighted by Crippen LogP contribution is 2.30. The molecule has 0 unspecified atom stereocenters. The Morgan fingerprint density at radius 3 is 2.29 bits per heavy atom. The van der Waals surface area contributed by atoms with Gasteiger partial charge in [-0.15, -0.1) is 0 Å². The highest BCUT2D eigenvalue weighted by atomic mass is 32.2. The number of hydrogen-bond acceptors (Lipinski definition) is 5. The molecule has 1 N–H and O–H groups in total. The lowest BCUT2D eigenvalue weighted by atomic mass is 10.1. The number of aliphatic carboxylic acids is 1. The number of ether oxygens (including phenoxy) is 1. The lowest BCUT2D eigenvalue weighted by Crippen LogP contribution is -2.48. The van der Waals surface area contributed by atoms with E-state index in [1.54, 1.807) is 0 Å². The minimum Gasteiger partial charge on any atom is -0.479 e. The van der Waals surface area contributed by atoms with Crippen LogP contribution in [0.3, 0.4) is 0 Å². The Kier molecular flexibility index (Phi) is 4.85. The third-order valence-electron chi connectivity index (χ3n) is 3.35. The molecule has 0 aliphatic carbocycles. The molecule has 0 saturated carbocycles. The van der Waals surface area contributed by atoms with Crippen molar-refractivity contribution in [1.82, 2.24) is 4.90 Å². The maximum Gasteiger partial charge on any atom is 0.501 e. The number of carboxylic acids is 1. The summed E-state index contributed by atoms with van der Waals surface area (Å²) in [5.74, 6) is -1.86. The molecular weight excluding hydrogens is 355 g/mol. The molecule has 1 amide bonds. The fourth-order valence-electron chi connectivity index (χ4n) is 2.08. The van der Waals surface area contributed by atoms with Gasteiger partial charge in [0.15, 0.2) is 6.10 Å². The van der Waals surface area contributed by atoms with E-state index in [4.69, 9.17) is 9.84 Å². The smallest absolute Gasteiger partial charge is 0.479 e. The van der Waals surface area contributed by atoms with Crippen molar-refractivity contribution in [3.63, 3.8) is 0 Å². The summed E-state index contributed by atoms with van der Waals surface area (Å²) >= 11 is 0.